The van der Waals surface area contributed by atoms with Crippen LogP contribution in [0, 0.1) is 5.92 Å². The van der Waals surface area contributed by atoms with Gasteiger partial charge >= 0.3 is 0 Å². The summed E-state index contributed by atoms with van der Waals surface area (Å²) in [6.45, 7) is 4.29. The Morgan fingerprint density at radius 2 is 1.88 bits per heavy atom. The number of pyridine rings is 3. The van der Waals surface area contributed by atoms with Crippen LogP contribution in [0.15, 0.2) is 61.3 Å². The molecule has 8 heteroatoms. The van der Waals surface area contributed by atoms with E-state index in [-0.39, 0.29) is 0 Å². The van der Waals surface area contributed by atoms with Crippen LogP contribution >= 0.6 is 0 Å². The Kier molecular flexibility index (Phi) is 4.83. The molecule has 0 unspecified atom stereocenters. The number of hydrogen-bond acceptors (Lipinski definition) is 6. The van der Waals surface area contributed by atoms with Crippen LogP contribution in [0.3, 0.4) is 0 Å². The van der Waals surface area contributed by atoms with Crippen LogP contribution in [0.1, 0.15) is 32.1 Å². The molecule has 5 aromatic rings. The smallest absolute Gasteiger partial charge is 0.161 e. The second-order valence-electron chi connectivity index (χ2n) is 8.59. The van der Waals surface area contributed by atoms with Crippen LogP contribution in [0.25, 0.3) is 44.8 Å². The standard InChI is InChI=1S/C25H24N8/c1-15(16-5-3-2-4-6-16)28-18-11-17(12-27-13-18)19-7-8-21-23(29-19)24(33-32-21)25-30-20-9-10-26-14-22(20)31-25/h7-14,16,28H,1-6H2,(H,30,31)(H,32,33). The van der Waals surface area contributed by atoms with E-state index in [4.69, 9.17) is 4.98 Å². The molecule has 164 valence electrons. The molecule has 1 fully saturated rings. The SMILES string of the molecule is C=C(Nc1cncc(-c2ccc3[nH]nc(-c4nc5cnccc5[nH]4)c3n2)c1)C1CCCCC1. The zero-order chi connectivity index (χ0) is 22.2. The number of fused-ring (bicyclic) bond motifs is 2. The molecule has 5 heterocycles. The van der Waals surface area contributed by atoms with Gasteiger partial charge in [-0.1, -0.05) is 25.8 Å². The zero-order valence-corrected chi connectivity index (χ0v) is 18.2. The van der Waals surface area contributed by atoms with Crippen molar-refractivity contribution in [3.8, 4) is 22.8 Å². The summed E-state index contributed by atoms with van der Waals surface area (Å²) < 4.78 is 0. The monoisotopic (exact) mass is 436 g/mol. The van der Waals surface area contributed by atoms with Crippen molar-refractivity contribution in [1.29, 1.82) is 0 Å². The maximum Gasteiger partial charge on any atom is 0.161 e. The van der Waals surface area contributed by atoms with Gasteiger partial charge in [0.15, 0.2) is 11.5 Å². The predicted molar refractivity (Wildman–Crippen MR) is 129 cm³/mol. The highest BCUT2D eigenvalue weighted by Gasteiger charge is 2.18. The number of aromatic amines is 2. The first-order valence-corrected chi connectivity index (χ1v) is 11.3. The molecule has 6 rings (SSSR count). The van der Waals surface area contributed by atoms with E-state index in [9.17, 15) is 0 Å². The Balaban J connectivity index is 1.32. The van der Waals surface area contributed by atoms with Gasteiger partial charge in [0, 0.05) is 23.7 Å². The lowest BCUT2D eigenvalue weighted by Crippen LogP contribution is -2.14. The number of hydrogen-bond donors (Lipinski definition) is 3. The third kappa shape index (κ3) is 3.73. The first-order chi connectivity index (χ1) is 16.2. The minimum absolute atomic E-state index is 0.532. The molecule has 5 aromatic heterocycles. The summed E-state index contributed by atoms with van der Waals surface area (Å²) in [5.41, 5.74) is 7.74. The number of anilines is 1. The fraction of sp³-hybridized carbons (Fsp3) is 0.240. The van der Waals surface area contributed by atoms with Crippen LogP contribution in [-0.2, 0) is 0 Å². The summed E-state index contributed by atoms with van der Waals surface area (Å²) in [4.78, 5) is 21.4. The zero-order valence-electron chi connectivity index (χ0n) is 18.2. The Hall–Kier alpha value is -4.07. The molecule has 0 radical (unpaired) electrons. The maximum atomic E-state index is 4.90. The minimum Gasteiger partial charge on any atom is -0.358 e. The van der Waals surface area contributed by atoms with Gasteiger partial charge in [-0.05, 0) is 43.0 Å². The molecular formula is C25H24N8. The predicted octanol–water partition coefficient (Wildman–Crippen LogP) is 5.46. The lowest BCUT2D eigenvalue weighted by molar-refractivity contribution is 0.405. The van der Waals surface area contributed by atoms with Crippen LogP contribution in [-0.4, -0.2) is 35.1 Å². The Labute approximate surface area is 190 Å². The normalized spacial score (nSPS) is 14.7. The molecule has 0 bridgehead atoms. The van der Waals surface area contributed by atoms with Crippen molar-refractivity contribution >= 4 is 27.8 Å². The van der Waals surface area contributed by atoms with Gasteiger partial charge < -0.3 is 10.3 Å². The number of imidazole rings is 1. The molecule has 1 aliphatic carbocycles. The highest BCUT2D eigenvalue weighted by Crippen LogP contribution is 2.31. The number of aromatic nitrogens is 7. The highest BCUT2D eigenvalue weighted by molar-refractivity contribution is 5.91. The van der Waals surface area contributed by atoms with Crippen molar-refractivity contribution in [3.05, 3.63) is 61.3 Å². The second-order valence-corrected chi connectivity index (χ2v) is 8.59. The van der Waals surface area contributed by atoms with Crippen molar-refractivity contribution in [2.45, 2.75) is 32.1 Å². The van der Waals surface area contributed by atoms with Gasteiger partial charge in [0.1, 0.15) is 11.0 Å². The number of nitrogens with one attached hydrogen (secondary N) is 3. The Morgan fingerprint density at radius 3 is 2.76 bits per heavy atom. The van der Waals surface area contributed by atoms with Crippen molar-refractivity contribution < 1.29 is 0 Å². The third-order valence-electron chi connectivity index (χ3n) is 6.35. The van der Waals surface area contributed by atoms with E-state index >= 15 is 0 Å². The molecule has 1 saturated carbocycles. The van der Waals surface area contributed by atoms with E-state index in [1.54, 1.807) is 12.4 Å². The van der Waals surface area contributed by atoms with Crippen LogP contribution in [0.4, 0.5) is 5.69 Å². The molecule has 0 aromatic carbocycles. The topological polar surface area (TPSA) is 108 Å². The van der Waals surface area contributed by atoms with E-state index in [1.807, 2.05) is 30.6 Å². The van der Waals surface area contributed by atoms with Gasteiger partial charge in [0.05, 0.1) is 34.8 Å². The summed E-state index contributed by atoms with van der Waals surface area (Å²) in [5, 5.41) is 11.0. The third-order valence-corrected chi connectivity index (χ3v) is 6.35. The van der Waals surface area contributed by atoms with Gasteiger partial charge in [-0.3, -0.25) is 15.1 Å². The summed E-state index contributed by atoms with van der Waals surface area (Å²) >= 11 is 0. The summed E-state index contributed by atoms with van der Waals surface area (Å²) in [6.07, 6.45) is 13.4. The Morgan fingerprint density at radius 1 is 0.970 bits per heavy atom. The number of H-pyrrole nitrogens is 2. The van der Waals surface area contributed by atoms with E-state index < -0.39 is 0 Å². The first-order valence-electron chi connectivity index (χ1n) is 11.3. The van der Waals surface area contributed by atoms with Crippen molar-refractivity contribution in [2.75, 3.05) is 5.32 Å². The molecule has 0 atom stereocenters. The molecule has 0 saturated heterocycles. The molecular weight excluding hydrogens is 412 g/mol. The lowest BCUT2D eigenvalue weighted by atomic mass is 9.87. The summed E-state index contributed by atoms with van der Waals surface area (Å²) in [7, 11) is 0. The number of allylic oxidation sites excluding steroid dienone is 1. The fourth-order valence-corrected chi connectivity index (χ4v) is 4.58. The average Bonchev–Trinajstić information content (AvgIpc) is 3.48. The minimum atomic E-state index is 0.532. The number of nitrogens with zero attached hydrogens (tertiary/aromatic N) is 5. The summed E-state index contributed by atoms with van der Waals surface area (Å²) in [5.74, 6) is 1.19. The first kappa shape index (κ1) is 19.6. The Bertz CT molecular complexity index is 1420. The second kappa shape index (κ2) is 8.12. The molecule has 3 N–H and O–H groups in total. The van der Waals surface area contributed by atoms with Crippen molar-refractivity contribution in [3.63, 3.8) is 0 Å². The molecule has 0 aliphatic heterocycles. The van der Waals surface area contributed by atoms with Gasteiger partial charge in [0.25, 0.3) is 0 Å². The quantitative estimate of drug-likeness (QED) is 0.337. The average molecular weight is 437 g/mol. The fourth-order valence-electron chi connectivity index (χ4n) is 4.58. The number of rotatable bonds is 5. The van der Waals surface area contributed by atoms with Crippen LogP contribution < -0.4 is 5.32 Å². The maximum absolute atomic E-state index is 4.90. The van der Waals surface area contributed by atoms with E-state index in [0.717, 1.165) is 44.7 Å². The molecule has 33 heavy (non-hydrogen) atoms. The van der Waals surface area contributed by atoms with E-state index in [0.29, 0.717) is 17.4 Å². The summed E-state index contributed by atoms with van der Waals surface area (Å²) in [6, 6.07) is 7.93. The van der Waals surface area contributed by atoms with Gasteiger partial charge in [-0.2, -0.15) is 5.10 Å². The molecule has 1 aliphatic rings. The largest absolute Gasteiger partial charge is 0.358 e. The van der Waals surface area contributed by atoms with Crippen LogP contribution in [0.2, 0.25) is 0 Å². The molecule has 8 nitrogen and oxygen atoms in total. The van der Waals surface area contributed by atoms with Gasteiger partial charge in [0.2, 0.25) is 0 Å². The van der Waals surface area contributed by atoms with E-state index in [1.165, 1.54) is 32.1 Å². The molecule has 0 spiro atoms. The van der Waals surface area contributed by atoms with Gasteiger partial charge in [-0.25, -0.2) is 9.97 Å². The van der Waals surface area contributed by atoms with Gasteiger partial charge in [-0.15, -0.1) is 0 Å². The van der Waals surface area contributed by atoms with E-state index in [2.05, 4.69) is 48.1 Å². The van der Waals surface area contributed by atoms with Crippen LogP contribution in [0.5, 0.6) is 0 Å². The lowest BCUT2D eigenvalue weighted by Gasteiger charge is -2.24. The molecule has 0 amide bonds. The van der Waals surface area contributed by atoms with Crippen molar-refractivity contribution in [1.82, 2.24) is 35.1 Å². The van der Waals surface area contributed by atoms with Crippen molar-refractivity contribution in [2.24, 2.45) is 5.92 Å². The highest BCUT2D eigenvalue weighted by atomic mass is 15.1.